The molecule has 0 aliphatic heterocycles. The highest BCUT2D eigenvalue weighted by Crippen LogP contribution is 2.25. The summed E-state index contributed by atoms with van der Waals surface area (Å²) in [6, 6.07) is 13.6. The van der Waals surface area contributed by atoms with Crippen molar-refractivity contribution >= 4 is 32.6 Å². The van der Waals surface area contributed by atoms with Gasteiger partial charge in [0.15, 0.2) is 5.78 Å². The SMILES string of the molecule is CC(=O)c1ccc(-n2ncc3ccccc32)c(Br)c1. The van der Waals surface area contributed by atoms with Crippen LogP contribution in [0.3, 0.4) is 0 Å². The van der Waals surface area contributed by atoms with Gasteiger partial charge < -0.3 is 0 Å². The molecule has 0 saturated carbocycles. The van der Waals surface area contributed by atoms with Gasteiger partial charge in [-0.2, -0.15) is 5.10 Å². The number of hydrogen-bond donors (Lipinski definition) is 0. The molecule has 0 aliphatic carbocycles. The second-order valence-corrected chi connectivity index (χ2v) is 5.19. The summed E-state index contributed by atoms with van der Waals surface area (Å²) < 4.78 is 2.72. The Morgan fingerprint density at radius 2 is 2.00 bits per heavy atom. The van der Waals surface area contributed by atoms with Gasteiger partial charge in [-0.15, -0.1) is 0 Å². The molecule has 0 bridgehead atoms. The molecule has 3 nitrogen and oxygen atoms in total. The van der Waals surface area contributed by atoms with Gasteiger partial charge in [0.2, 0.25) is 0 Å². The Hall–Kier alpha value is -1.94. The average molecular weight is 315 g/mol. The molecule has 0 aliphatic rings. The van der Waals surface area contributed by atoms with E-state index in [9.17, 15) is 4.79 Å². The molecule has 3 aromatic rings. The predicted molar refractivity (Wildman–Crippen MR) is 78.8 cm³/mol. The van der Waals surface area contributed by atoms with E-state index in [1.165, 1.54) is 0 Å². The number of para-hydroxylation sites is 1. The molecule has 2 aromatic carbocycles. The number of carbonyl (C=O) groups is 1. The molecule has 0 atom stereocenters. The van der Waals surface area contributed by atoms with Crippen LogP contribution in [0.25, 0.3) is 16.6 Å². The third kappa shape index (κ3) is 2.08. The minimum absolute atomic E-state index is 0.0533. The maximum absolute atomic E-state index is 11.4. The largest absolute Gasteiger partial charge is 0.295 e. The lowest BCUT2D eigenvalue weighted by atomic mass is 10.1. The number of rotatable bonds is 2. The van der Waals surface area contributed by atoms with Crippen LogP contribution in [-0.2, 0) is 0 Å². The van der Waals surface area contributed by atoms with Crippen LogP contribution in [0.5, 0.6) is 0 Å². The highest BCUT2D eigenvalue weighted by atomic mass is 79.9. The highest BCUT2D eigenvalue weighted by molar-refractivity contribution is 9.10. The summed E-state index contributed by atoms with van der Waals surface area (Å²) in [6.45, 7) is 1.56. The molecule has 94 valence electrons. The third-order valence-corrected chi connectivity index (χ3v) is 3.69. The fourth-order valence-corrected chi connectivity index (χ4v) is 2.61. The zero-order valence-electron chi connectivity index (χ0n) is 10.3. The van der Waals surface area contributed by atoms with Crippen LogP contribution >= 0.6 is 15.9 Å². The number of fused-ring (bicyclic) bond motifs is 1. The van der Waals surface area contributed by atoms with Crippen molar-refractivity contribution in [2.45, 2.75) is 6.92 Å². The summed E-state index contributed by atoms with van der Waals surface area (Å²) in [7, 11) is 0. The van der Waals surface area contributed by atoms with Crippen LogP contribution in [-0.4, -0.2) is 15.6 Å². The first-order chi connectivity index (χ1) is 9.16. The lowest BCUT2D eigenvalue weighted by Gasteiger charge is -2.07. The van der Waals surface area contributed by atoms with Crippen LogP contribution < -0.4 is 0 Å². The van der Waals surface area contributed by atoms with E-state index in [0.717, 1.165) is 21.1 Å². The van der Waals surface area contributed by atoms with Gasteiger partial charge in [0.1, 0.15) is 0 Å². The van der Waals surface area contributed by atoms with E-state index < -0.39 is 0 Å². The molecule has 0 amide bonds. The van der Waals surface area contributed by atoms with E-state index in [-0.39, 0.29) is 5.78 Å². The second kappa shape index (κ2) is 4.63. The monoisotopic (exact) mass is 314 g/mol. The first kappa shape index (κ1) is 12.1. The van der Waals surface area contributed by atoms with Crippen molar-refractivity contribution in [2.75, 3.05) is 0 Å². The smallest absolute Gasteiger partial charge is 0.159 e. The fraction of sp³-hybridized carbons (Fsp3) is 0.0667. The minimum atomic E-state index is 0.0533. The van der Waals surface area contributed by atoms with E-state index >= 15 is 0 Å². The van der Waals surface area contributed by atoms with Crippen LogP contribution in [0.1, 0.15) is 17.3 Å². The van der Waals surface area contributed by atoms with Gasteiger partial charge in [-0.3, -0.25) is 4.79 Å². The van der Waals surface area contributed by atoms with Crippen molar-refractivity contribution in [1.82, 2.24) is 9.78 Å². The Labute approximate surface area is 119 Å². The number of aromatic nitrogens is 2. The summed E-state index contributed by atoms with van der Waals surface area (Å²) in [4.78, 5) is 11.4. The van der Waals surface area contributed by atoms with E-state index in [1.54, 1.807) is 6.92 Å². The molecule has 4 heteroatoms. The topological polar surface area (TPSA) is 34.9 Å². The molecule has 1 heterocycles. The van der Waals surface area contributed by atoms with E-state index in [4.69, 9.17) is 0 Å². The van der Waals surface area contributed by atoms with Gasteiger partial charge in [-0.1, -0.05) is 18.2 Å². The van der Waals surface area contributed by atoms with Crippen LogP contribution in [0.15, 0.2) is 53.1 Å². The highest BCUT2D eigenvalue weighted by Gasteiger charge is 2.09. The molecule has 0 spiro atoms. The summed E-state index contributed by atoms with van der Waals surface area (Å²) in [6.07, 6.45) is 1.83. The van der Waals surface area contributed by atoms with Crippen molar-refractivity contribution in [2.24, 2.45) is 0 Å². The van der Waals surface area contributed by atoms with E-state index in [1.807, 2.05) is 53.3 Å². The van der Waals surface area contributed by atoms with Gasteiger partial charge in [-0.25, -0.2) is 4.68 Å². The molecule has 0 unspecified atom stereocenters. The molecule has 19 heavy (non-hydrogen) atoms. The first-order valence-corrected chi connectivity index (χ1v) is 6.70. The third-order valence-electron chi connectivity index (χ3n) is 3.06. The zero-order chi connectivity index (χ0) is 13.4. The minimum Gasteiger partial charge on any atom is -0.295 e. The number of halogens is 1. The number of benzene rings is 2. The summed E-state index contributed by atoms with van der Waals surface area (Å²) >= 11 is 3.51. The number of nitrogens with zero attached hydrogens (tertiary/aromatic N) is 2. The molecule has 0 saturated heterocycles. The van der Waals surface area contributed by atoms with E-state index in [0.29, 0.717) is 5.56 Å². The summed E-state index contributed by atoms with van der Waals surface area (Å²) in [5.74, 6) is 0.0533. The lowest BCUT2D eigenvalue weighted by molar-refractivity contribution is 0.101. The standard InChI is InChI=1S/C15H11BrN2O/c1-10(19)11-6-7-15(13(16)8-11)18-14-5-3-2-4-12(14)9-17-18/h2-9H,1H3. The Morgan fingerprint density at radius 3 is 2.74 bits per heavy atom. The van der Waals surface area contributed by atoms with Crippen molar-refractivity contribution in [1.29, 1.82) is 0 Å². The first-order valence-electron chi connectivity index (χ1n) is 5.90. The van der Waals surface area contributed by atoms with Gasteiger partial charge in [0.25, 0.3) is 0 Å². The fourth-order valence-electron chi connectivity index (χ4n) is 2.06. The Kier molecular flexibility index (Phi) is 2.95. The second-order valence-electron chi connectivity index (χ2n) is 4.34. The lowest BCUT2D eigenvalue weighted by Crippen LogP contribution is -1.99. The van der Waals surface area contributed by atoms with E-state index in [2.05, 4.69) is 21.0 Å². The van der Waals surface area contributed by atoms with Crippen LogP contribution in [0.2, 0.25) is 0 Å². The molecule has 0 radical (unpaired) electrons. The van der Waals surface area contributed by atoms with Crippen molar-refractivity contribution < 1.29 is 4.79 Å². The number of carbonyl (C=O) groups excluding carboxylic acids is 1. The maximum Gasteiger partial charge on any atom is 0.159 e. The number of ketones is 1. The van der Waals surface area contributed by atoms with Crippen molar-refractivity contribution in [3.63, 3.8) is 0 Å². The predicted octanol–water partition coefficient (Wildman–Crippen LogP) is 3.99. The summed E-state index contributed by atoms with van der Waals surface area (Å²) in [5.41, 5.74) is 2.65. The Morgan fingerprint density at radius 1 is 1.21 bits per heavy atom. The number of hydrogen-bond acceptors (Lipinski definition) is 2. The average Bonchev–Trinajstić information content (AvgIpc) is 2.82. The van der Waals surface area contributed by atoms with Gasteiger partial charge in [0.05, 0.1) is 17.4 Å². The molecule has 3 rings (SSSR count). The quantitative estimate of drug-likeness (QED) is 0.670. The van der Waals surface area contributed by atoms with Crippen molar-refractivity contribution in [3.8, 4) is 5.69 Å². The summed E-state index contributed by atoms with van der Waals surface area (Å²) in [5, 5.41) is 5.49. The Bertz CT molecular complexity index is 777. The maximum atomic E-state index is 11.4. The van der Waals surface area contributed by atoms with Gasteiger partial charge in [0, 0.05) is 15.4 Å². The zero-order valence-corrected chi connectivity index (χ0v) is 11.9. The Balaban J connectivity index is 2.19. The van der Waals surface area contributed by atoms with Crippen LogP contribution in [0, 0.1) is 0 Å². The van der Waals surface area contributed by atoms with Crippen LogP contribution in [0.4, 0.5) is 0 Å². The molecular weight excluding hydrogens is 304 g/mol. The molecule has 0 fully saturated rings. The normalized spacial score (nSPS) is 10.8. The molecule has 1 aromatic heterocycles. The molecule has 0 N–H and O–H groups in total. The van der Waals surface area contributed by atoms with Gasteiger partial charge >= 0.3 is 0 Å². The van der Waals surface area contributed by atoms with Crippen molar-refractivity contribution in [3.05, 3.63) is 58.7 Å². The molecular formula is C15H11BrN2O. The van der Waals surface area contributed by atoms with Gasteiger partial charge in [-0.05, 0) is 47.1 Å². The number of Topliss-reactive ketones (excluding diaryl/α,β-unsaturated/α-hetero) is 1.